The Kier molecular flexibility index (Phi) is 3.82. The number of aryl methyl sites for hydroxylation is 1. The number of aromatic amines is 1. The number of hydrogen-bond donors (Lipinski definition) is 2. The molecule has 0 bridgehead atoms. The monoisotopic (exact) mass is 330 g/mol. The molecule has 0 fully saturated rings. The lowest BCUT2D eigenvalue weighted by atomic mass is 10.1. The number of carbonyl (C=O) groups excluding carboxylic acids is 1. The third kappa shape index (κ3) is 3.04. The van der Waals surface area contributed by atoms with Crippen LogP contribution in [0.15, 0.2) is 67.1 Å². The van der Waals surface area contributed by atoms with E-state index in [0.717, 1.165) is 33.5 Å². The van der Waals surface area contributed by atoms with Crippen LogP contribution >= 0.6 is 0 Å². The van der Waals surface area contributed by atoms with Crippen LogP contribution in [0.3, 0.4) is 0 Å². The third-order valence-corrected chi connectivity index (χ3v) is 4.25. The standard InChI is InChI=1S/C20H18N4O/c1-24-10-9-21-20(24)14-5-4-6-16(11-14)23-19(25)12-15-13-22-18-8-3-2-7-17(15)18/h2-11,13,22H,12H2,1H3,(H,23,25). The molecule has 0 radical (unpaired) electrons. The average molecular weight is 330 g/mol. The number of H-pyrrole nitrogens is 1. The van der Waals surface area contributed by atoms with Gasteiger partial charge < -0.3 is 14.9 Å². The second kappa shape index (κ2) is 6.28. The SMILES string of the molecule is Cn1ccnc1-c1cccc(NC(=O)Cc2c[nH]c3ccccc23)c1. The molecule has 0 atom stereocenters. The Balaban J connectivity index is 1.52. The van der Waals surface area contributed by atoms with Crippen molar-refractivity contribution in [3.63, 3.8) is 0 Å². The number of anilines is 1. The molecule has 2 N–H and O–H groups in total. The van der Waals surface area contributed by atoms with Crippen molar-refractivity contribution in [3.05, 3.63) is 72.7 Å². The van der Waals surface area contributed by atoms with Crippen molar-refractivity contribution in [2.24, 2.45) is 7.05 Å². The van der Waals surface area contributed by atoms with Crippen LogP contribution in [0.4, 0.5) is 5.69 Å². The minimum atomic E-state index is -0.0401. The molecule has 1 amide bonds. The van der Waals surface area contributed by atoms with Gasteiger partial charge >= 0.3 is 0 Å². The first kappa shape index (κ1) is 15.2. The molecule has 0 spiro atoms. The topological polar surface area (TPSA) is 62.7 Å². The highest BCUT2D eigenvalue weighted by atomic mass is 16.1. The summed E-state index contributed by atoms with van der Waals surface area (Å²) in [7, 11) is 1.95. The number of imidazole rings is 1. The van der Waals surface area contributed by atoms with Crippen molar-refractivity contribution in [3.8, 4) is 11.4 Å². The highest BCUT2D eigenvalue weighted by Gasteiger charge is 2.10. The molecular weight excluding hydrogens is 312 g/mol. The molecule has 5 heteroatoms. The van der Waals surface area contributed by atoms with Crippen LogP contribution in [-0.4, -0.2) is 20.4 Å². The summed E-state index contributed by atoms with van der Waals surface area (Å²) in [5.41, 5.74) is 3.78. The number of benzene rings is 2. The van der Waals surface area contributed by atoms with Gasteiger partial charge in [-0.25, -0.2) is 4.98 Å². The smallest absolute Gasteiger partial charge is 0.228 e. The summed E-state index contributed by atoms with van der Waals surface area (Å²) >= 11 is 0. The maximum Gasteiger partial charge on any atom is 0.228 e. The van der Waals surface area contributed by atoms with E-state index < -0.39 is 0 Å². The summed E-state index contributed by atoms with van der Waals surface area (Å²) in [4.78, 5) is 20.0. The molecule has 0 aliphatic heterocycles. The van der Waals surface area contributed by atoms with Crippen LogP contribution in [-0.2, 0) is 18.3 Å². The minimum absolute atomic E-state index is 0.0401. The van der Waals surface area contributed by atoms with Crippen LogP contribution in [0.5, 0.6) is 0 Å². The first-order valence-electron chi connectivity index (χ1n) is 8.13. The molecule has 0 unspecified atom stereocenters. The average Bonchev–Trinajstić information content (AvgIpc) is 3.22. The normalized spacial score (nSPS) is 10.9. The zero-order chi connectivity index (χ0) is 17.2. The minimum Gasteiger partial charge on any atom is -0.361 e. The molecule has 0 aliphatic carbocycles. The molecule has 124 valence electrons. The van der Waals surface area contributed by atoms with E-state index in [1.54, 1.807) is 6.20 Å². The van der Waals surface area contributed by atoms with Crippen LogP contribution in [0.1, 0.15) is 5.56 Å². The van der Waals surface area contributed by atoms with Gasteiger partial charge in [-0.2, -0.15) is 0 Å². The van der Waals surface area contributed by atoms with Crippen molar-refractivity contribution < 1.29 is 4.79 Å². The van der Waals surface area contributed by atoms with E-state index in [9.17, 15) is 4.79 Å². The number of nitrogens with one attached hydrogen (secondary N) is 2. The molecule has 2 aromatic heterocycles. The van der Waals surface area contributed by atoms with Gasteiger partial charge in [-0.15, -0.1) is 0 Å². The van der Waals surface area contributed by atoms with Gasteiger partial charge in [0.05, 0.1) is 6.42 Å². The van der Waals surface area contributed by atoms with Crippen molar-refractivity contribution in [1.82, 2.24) is 14.5 Å². The number of aromatic nitrogens is 3. The molecule has 2 aromatic carbocycles. The molecule has 0 saturated carbocycles. The molecule has 25 heavy (non-hydrogen) atoms. The largest absolute Gasteiger partial charge is 0.361 e. The molecule has 0 saturated heterocycles. The van der Waals surface area contributed by atoms with Crippen molar-refractivity contribution in [2.45, 2.75) is 6.42 Å². The Morgan fingerprint density at radius 3 is 2.92 bits per heavy atom. The van der Waals surface area contributed by atoms with Crippen LogP contribution in [0.2, 0.25) is 0 Å². The maximum atomic E-state index is 12.4. The van der Waals surface area contributed by atoms with Gasteiger partial charge in [0.15, 0.2) is 0 Å². The number of carbonyl (C=O) groups is 1. The third-order valence-electron chi connectivity index (χ3n) is 4.25. The molecule has 4 rings (SSSR count). The van der Waals surface area contributed by atoms with E-state index in [1.807, 2.05) is 72.5 Å². The molecule has 4 aromatic rings. The van der Waals surface area contributed by atoms with E-state index in [1.165, 1.54) is 0 Å². The van der Waals surface area contributed by atoms with E-state index in [2.05, 4.69) is 15.3 Å². The van der Waals surface area contributed by atoms with E-state index in [-0.39, 0.29) is 5.91 Å². The summed E-state index contributed by atoms with van der Waals surface area (Å²) in [5, 5.41) is 4.06. The van der Waals surface area contributed by atoms with Gasteiger partial charge in [-0.1, -0.05) is 30.3 Å². The van der Waals surface area contributed by atoms with Gasteiger partial charge in [0.25, 0.3) is 0 Å². The Bertz CT molecular complexity index is 1040. The molecule has 2 heterocycles. The summed E-state index contributed by atoms with van der Waals surface area (Å²) in [5.74, 6) is 0.828. The predicted octanol–water partition coefficient (Wildman–Crippen LogP) is 3.75. The van der Waals surface area contributed by atoms with Crippen LogP contribution < -0.4 is 5.32 Å². The van der Waals surface area contributed by atoms with E-state index in [0.29, 0.717) is 6.42 Å². The number of nitrogens with zero attached hydrogens (tertiary/aromatic N) is 2. The van der Waals surface area contributed by atoms with E-state index in [4.69, 9.17) is 0 Å². The summed E-state index contributed by atoms with van der Waals surface area (Å²) < 4.78 is 1.95. The summed E-state index contributed by atoms with van der Waals surface area (Å²) in [6.07, 6.45) is 5.89. The Morgan fingerprint density at radius 1 is 1.20 bits per heavy atom. The fourth-order valence-corrected chi connectivity index (χ4v) is 3.04. The predicted molar refractivity (Wildman–Crippen MR) is 99.3 cm³/mol. The Labute approximate surface area is 145 Å². The second-order valence-electron chi connectivity index (χ2n) is 6.03. The fraction of sp³-hybridized carbons (Fsp3) is 0.100. The maximum absolute atomic E-state index is 12.4. The highest BCUT2D eigenvalue weighted by molar-refractivity contribution is 5.96. The first-order valence-corrected chi connectivity index (χ1v) is 8.13. The molecule has 5 nitrogen and oxygen atoms in total. The van der Waals surface area contributed by atoms with Crippen LogP contribution in [0.25, 0.3) is 22.3 Å². The van der Waals surface area contributed by atoms with Crippen molar-refractivity contribution >= 4 is 22.5 Å². The number of amides is 1. The van der Waals surface area contributed by atoms with Gasteiger partial charge in [0.2, 0.25) is 5.91 Å². The highest BCUT2D eigenvalue weighted by Crippen LogP contribution is 2.22. The van der Waals surface area contributed by atoms with Gasteiger partial charge in [0.1, 0.15) is 5.82 Å². The second-order valence-corrected chi connectivity index (χ2v) is 6.03. The van der Waals surface area contributed by atoms with Gasteiger partial charge in [-0.3, -0.25) is 4.79 Å². The molecular formula is C20H18N4O. The van der Waals surface area contributed by atoms with Crippen molar-refractivity contribution in [2.75, 3.05) is 5.32 Å². The number of hydrogen-bond acceptors (Lipinski definition) is 2. The number of rotatable bonds is 4. The zero-order valence-electron chi connectivity index (χ0n) is 13.9. The molecule has 0 aliphatic rings. The lowest BCUT2D eigenvalue weighted by Gasteiger charge is -2.07. The Morgan fingerprint density at radius 2 is 2.08 bits per heavy atom. The lowest BCUT2D eigenvalue weighted by Crippen LogP contribution is -2.14. The quantitative estimate of drug-likeness (QED) is 0.598. The number of fused-ring (bicyclic) bond motifs is 1. The first-order chi connectivity index (χ1) is 12.2. The van der Waals surface area contributed by atoms with E-state index >= 15 is 0 Å². The number of para-hydroxylation sites is 1. The fourth-order valence-electron chi connectivity index (χ4n) is 3.04. The lowest BCUT2D eigenvalue weighted by molar-refractivity contribution is -0.115. The van der Waals surface area contributed by atoms with Gasteiger partial charge in [0, 0.05) is 47.8 Å². The van der Waals surface area contributed by atoms with Crippen LogP contribution in [0, 0.1) is 0 Å². The van der Waals surface area contributed by atoms with Crippen molar-refractivity contribution in [1.29, 1.82) is 0 Å². The Hall–Kier alpha value is -3.34. The van der Waals surface area contributed by atoms with Gasteiger partial charge in [-0.05, 0) is 23.8 Å². The summed E-state index contributed by atoms with van der Waals surface area (Å²) in [6.45, 7) is 0. The zero-order valence-corrected chi connectivity index (χ0v) is 13.9. The summed E-state index contributed by atoms with van der Waals surface area (Å²) in [6, 6.07) is 15.7.